The zero-order valence-electron chi connectivity index (χ0n) is 16.1. The Labute approximate surface area is 150 Å². The van der Waals surface area contributed by atoms with Crippen molar-refractivity contribution in [2.45, 2.75) is 27.3 Å². The standard InChI is InChI=1S/C19H29N5O/c1-14-9-7-8-10-18(14)25-12-11-23(5)19(20-4)21-13-17-15(2)22-24(6)16(17)3/h7-10H,11-13H2,1-6H3,(H,20,21). The van der Waals surface area contributed by atoms with E-state index in [2.05, 4.69) is 40.2 Å². The summed E-state index contributed by atoms with van der Waals surface area (Å²) < 4.78 is 7.78. The van der Waals surface area contributed by atoms with Gasteiger partial charge in [-0.25, -0.2) is 0 Å². The van der Waals surface area contributed by atoms with Crippen molar-refractivity contribution in [3.63, 3.8) is 0 Å². The Hall–Kier alpha value is -2.50. The van der Waals surface area contributed by atoms with E-state index in [1.807, 2.05) is 43.9 Å². The second kappa shape index (κ2) is 8.55. The molecule has 6 nitrogen and oxygen atoms in total. The van der Waals surface area contributed by atoms with Crippen LogP contribution in [0.4, 0.5) is 0 Å². The van der Waals surface area contributed by atoms with Gasteiger partial charge in [-0.15, -0.1) is 0 Å². The SMILES string of the molecule is CN=C(NCc1c(C)nn(C)c1C)N(C)CCOc1ccccc1C. The molecule has 0 spiro atoms. The number of benzene rings is 1. The van der Waals surface area contributed by atoms with Gasteiger partial charge in [-0.1, -0.05) is 18.2 Å². The molecule has 2 rings (SSSR count). The number of aliphatic imine (C=N–C) groups is 1. The molecule has 0 saturated heterocycles. The first-order valence-corrected chi connectivity index (χ1v) is 8.53. The number of guanidine groups is 1. The van der Waals surface area contributed by atoms with E-state index >= 15 is 0 Å². The molecule has 0 aliphatic heterocycles. The Morgan fingerprint density at radius 1 is 1.28 bits per heavy atom. The predicted molar refractivity (Wildman–Crippen MR) is 102 cm³/mol. The lowest BCUT2D eigenvalue weighted by molar-refractivity contribution is 0.280. The molecule has 0 radical (unpaired) electrons. The third-order valence-corrected chi connectivity index (χ3v) is 4.43. The molecule has 1 aromatic carbocycles. The third-order valence-electron chi connectivity index (χ3n) is 4.43. The molecule has 0 bridgehead atoms. The molecule has 6 heteroatoms. The van der Waals surface area contributed by atoms with Gasteiger partial charge in [0.15, 0.2) is 5.96 Å². The molecule has 0 saturated carbocycles. The second-order valence-corrected chi connectivity index (χ2v) is 6.21. The molecular formula is C19H29N5O. The lowest BCUT2D eigenvalue weighted by Crippen LogP contribution is -2.40. The predicted octanol–water partition coefficient (Wildman–Crippen LogP) is 2.43. The quantitative estimate of drug-likeness (QED) is 0.646. The zero-order chi connectivity index (χ0) is 18.4. The lowest BCUT2D eigenvalue weighted by atomic mass is 10.2. The van der Waals surface area contributed by atoms with Crippen LogP contribution in [-0.4, -0.2) is 47.9 Å². The van der Waals surface area contributed by atoms with Crippen LogP contribution in [0.25, 0.3) is 0 Å². The highest BCUT2D eigenvalue weighted by Gasteiger charge is 2.11. The molecule has 0 atom stereocenters. The smallest absolute Gasteiger partial charge is 0.193 e. The van der Waals surface area contributed by atoms with Crippen molar-refractivity contribution in [1.29, 1.82) is 0 Å². The Kier molecular flexibility index (Phi) is 6.44. The van der Waals surface area contributed by atoms with Gasteiger partial charge >= 0.3 is 0 Å². The molecule has 0 aliphatic rings. The summed E-state index contributed by atoms with van der Waals surface area (Å²) in [5, 5.41) is 7.86. The fraction of sp³-hybridized carbons (Fsp3) is 0.474. The molecule has 0 amide bonds. The summed E-state index contributed by atoms with van der Waals surface area (Å²) in [6.45, 7) is 8.23. The summed E-state index contributed by atoms with van der Waals surface area (Å²) in [5.41, 5.74) is 4.59. The summed E-state index contributed by atoms with van der Waals surface area (Å²) in [4.78, 5) is 6.43. The highest BCUT2D eigenvalue weighted by molar-refractivity contribution is 5.79. The van der Waals surface area contributed by atoms with E-state index in [1.54, 1.807) is 7.05 Å². The van der Waals surface area contributed by atoms with Crippen molar-refractivity contribution >= 4 is 5.96 Å². The highest BCUT2D eigenvalue weighted by Crippen LogP contribution is 2.16. The van der Waals surface area contributed by atoms with Crippen molar-refractivity contribution in [3.8, 4) is 5.75 Å². The molecule has 0 unspecified atom stereocenters. The van der Waals surface area contributed by atoms with Gasteiger partial charge in [-0.3, -0.25) is 9.67 Å². The minimum absolute atomic E-state index is 0.604. The van der Waals surface area contributed by atoms with Crippen molar-refractivity contribution in [1.82, 2.24) is 20.0 Å². The van der Waals surface area contributed by atoms with Crippen LogP contribution >= 0.6 is 0 Å². The number of aryl methyl sites for hydroxylation is 3. The first-order chi connectivity index (χ1) is 11.9. The normalized spacial score (nSPS) is 11.5. The van der Waals surface area contributed by atoms with E-state index in [0.717, 1.165) is 29.5 Å². The third kappa shape index (κ3) is 4.75. The van der Waals surface area contributed by atoms with Gasteiger partial charge < -0.3 is 15.0 Å². The number of hydrogen-bond donors (Lipinski definition) is 1. The molecule has 1 aromatic heterocycles. The summed E-state index contributed by atoms with van der Waals surface area (Å²) in [5.74, 6) is 1.77. The number of nitrogens with zero attached hydrogens (tertiary/aromatic N) is 4. The monoisotopic (exact) mass is 343 g/mol. The van der Waals surface area contributed by atoms with E-state index in [-0.39, 0.29) is 0 Å². The number of para-hydroxylation sites is 1. The van der Waals surface area contributed by atoms with Crippen molar-refractivity contribution < 1.29 is 4.74 Å². The lowest BCUT2D eigenvalue weighted by Gasteiger charge is -2.22. The topological polar surface area (TPSA) is 54.7 Å². The Balaban J connectivity index is 1.86. The van der Waals surface area contributed by atoms with Crippen LogP contribution in [0.1, 0.15) is 22.5 Å². The molecule has 25 heavy (non-hydrogen) atoms. The molecule has 0 aliphatic carbocycles. The maximum atomic E-state index is 5.87. The Morgan fingerprint density at radius 3 is 2.60 bits per heavy atom. The average molecular weight is 343 g/mol. The van der Waals surface area contributed by atoms with E-state index in [0.29, 0.717) is 13.2 Å². The highest BCUT2D eigenvalue weighted by atomic mass is 16.5. The van der Waals surface area contributed by atoms with Crippen LogP contribution in [0, 0.1) is 20.8 Å². The van der Waals surface area contributed by atoms with Crippen LogP contribution in [0.3, 0.4) is 0 Å². The number of nitrogens with one attached hydrogen (secondary N) is 1. The van der Waals surface area contributed by atoms with Gasteiger partial charge in [0.1, 0.15) is 12.4 Å². The second-order valence-electron chi connectivity index (χ2n) is 6.21. The Bertz CT molecular complexity index is 735. The number of rotatable bonds is 6. The van der Waals surface area contributed by atoms with Crippen LogP contribution in [0.15, 0.2) is 29.3 Å². The van der Waals surface area contributed by atoms with Gasteiger partial charge in [0.2, 0.25) is 0 Å². The van der Waals surface area contributed by atoms with Crippen LogP contribution < -0.4 is 10.1 Å². The summed E-state index contributed by atoms with van der Waals surface area (Å²) in [6.07, 6.45) is 0. The molecular weight excluding hydrogens is 314 g/mol. The van der Waals surface area contributed by atoms with E-state index in [1.165, 1.54) is 11.3 Å². The Morgan fingerprint density at radius 2 is 2.00 bits per heavy atom. The van der Waals surface area contributed by atoms with E-state index < -0.39 is 0 Å². The average Bonchev–Trinajstić information content (AvgIpc) is 2.83. The van der Waals surface area contributed by atoms with Crippen molar-refractivity contribution in [2.24, 2.45) is 12.0 Å². The number of ether oxygens (including phenoxy) is 1. The van der Waals surface area contributed by atoms with Gasteiger partial charge in [-0.2, -0.15) is 5.10 Å². The molecule has 1 N–H and O–H groups in total. The molecule has 1 heterocycles. The zero-order valence-corrected chi connectivity index (χ0v) is 16.1. The minimum atomic E-state index is 0.604. The van der Waals surface area contributed by atoms with Gasteiger partial charge in [0.05, 0.1) is 12.2 Å². The number of likely N-dealkylation sites (N-methyl/N-ethyl adjacent to an activating group) is 1. The maximum Gasteiger partial charge on any atom is 0.193 e. The summed E-state index contributed by atoms with van der Waals surface area (Å²) in [7, 11) is 5.78. The fourth-order valence-electron chi connectivity index (χ4n) is 2.74. The van der Waals surface area contributed by atoms with Crippen LogP contribution in [0.2, 0.25) is 0 Å². The van der Waals surface area contributed by atoms with Crippen LogP contribution in [0.5, 0.6) is 5.75 Å². The van der Waals surface area contributed by atoms with E-state index in [9.17, 15) is 0 Å². The largest absolute Gasteiger partial charge is 0.491 e. The van der Waals surface area contributed by atoms with Gasteiger partial charge in [0, 0.05) is 38.9 Å². The number of aromatic nitrogens is 2. The number of hydrogen-bond acceptors (Lipinski definition) is 3. The minimum Gasteiger partial charge on any atom is -0.491 e. The van der Waals surface area contributed by atoms with Gasteiger partial charge in [-0.05, 0) is 32.4 Å². The van der Waals surface area contributed by atoms with Crippen LogP contribution in [-0.2, 0) is 13.6 Å². The van der Waals surface area contributed by atoms with Crippen molar-refractivity contribution in [2.75, 3.05) is 27.2 Å². The first kappa shape index (κ1) is 18.8. The first-order valence-electron chi connectivity index (χ1n) is 8.53. The fourth-order valence-corrected chi connectivity index (χ4v) is 2.74. The van der Waals surface area contributed by atoms with Crippen molar-refractivity contribution in [3.05, 3.63) is 46.8 Å². The summed E-state index contributed by atoms with van der Waals surface area (Å²) in [6, 6.07) is 8.06. The molecule has 2 aromatic rings. The maximum absolute atomic E-state index is 5.87. The van der Waals surface area contributed by atoms with E-state index in [4.69, 9.17) is 4.74 Å². The summed E-state index contributed by atoms with van der Waals surface area (Å²) >= 11 is 0. The molecule has 0 fully saturated rings. The van der Waals surface area contributed by atoms with Gasteiger partial charge in [0.25, 0.3) is 0 Å². The molecule has 136 valence electrons.